The molecule has 6 nitrogen and oxygen atoms in total. The number of nitrogens with zero attached hydrogens (tertiary/aromatic N) is 4. The standard InChI is InChI=1S/C21H18ClN5OS2/c1-14(20(28)24-18-10-9-16(22)12-23-18)30-21-26-25-19(17-8-5-11-29-17)27(21)13-15-6-3-2-4-7-15/h2-12,14H,13H2,1H3,(H,23,24,28)/t14-/m1/s1. The molecular weight excluding hydrogens is 438 g/mol. The number of carbonyl (C=O) groups is 1. The minimum atomic E-state index is -0.391. The average molecular weight is 456 g/mol. The Kier molecular flexibility index (Phi) is 6.47. The smallest absolute Gasteiger partial charge is 0.238 e. The molecule has 0 saturated carbocycles. The molecule has 30 heavy (non-hydrogen) atoms. The van der Waals surface area contributed by atoms with E-state index in [0.717, 1.165) is 16.3 Å². The lowest BCUT2D eigenvalue weighted by molar-refractivity contribution is -0.115. The van der Waals surface area contributed by atoms with Crippen molar-refractivity contribution in [3.63, 3.8) is 0 Å². The molecule has 0 fully saturated rings. The normalized spacial score (nSPS) is 11.9. The molecule has 0 aliphatic rings. The fourth-order valence-corrected chi connectivity index (χ4v) is 4.44. The van der Waals surface area contributed by atoms with E-state index >= 15 is 0 Å². The molecule has 0 aliphatic carbocycles. The first-order chi connectivity index (χ1) is 14.6. The third kappa shape index (κ3) is 4.89. The molecule has 1 atom stereocenters. The summed E-state index contributed by atoms with van der Waals surface area (Å²) in [5.41, 5.74) is 1.14. The predicted molar refractivity (Wildman–Crippen MR) is 122 cm³/mol. The largest absolute Gasteiger partial charge is 0.310 e. The highest BCUT2D eigenvalue weighted by Crippen LogP contribution is 2.30. The van der Waals surface area contributed by atoms with Crippen LogP contribution in [0.1, 0.15) is 12.5 Å². The number of anilines is 1. The second-order valence-electron chi connectivity index (χ2n) is 6.47. The summed E-state index contributed by atoms with van der Waals surface area (Å²) in [5, 5.41) is 14.4. The number of halogens is 1. The second-order valence-corrected chi connectivity index (χ2v) is 9.16. The summed E-state index contributed by atoms with van der Waals surface area (Å²) in [6.07, 6.45) is 1.50. The molecule has 0 spiro atoms. The van der Waals surface area contributed by atoms with Gasteiger partial charge in [-0.25, -0.2) is 4.98 Å². The molecule has 0 bridgehead atoms. The number of pyridine rings is 1. The molecular formula is C21H18ClN5OS2. The van der Waals surface area contributed by atoms with Crippen molar-refractivity contribution in [1.82, 2.24) is 19.7 Å². The molecule has 0 saturated heterocycles. The SMILES string of the molecule is C[C@@H](Sc1nnc(-c2cccs2)n1Cc1ccccc1)C(=O)Nc1ccc(Cl)cn1. The average Bonchev–Trinajstić information content (AvgIpc) is 3.41. The summed E-state index contributed by atoms with van der Waals surface area (Å²) in [6, 6.07) is 17.5. The van der Waals surface area contributed by atoms with Gasteiger partial charge in [0, 0.05) is 6.20 Å². The Morgan fingerprint density at radius 1 is 1.17 bits per heavy atom. The van der Waals surface area contributed by atoms with Crippen LogP contribution < -0.4 is 5.32 Å². The molecule has 4 aromatic rings. The van der Waals surface area contributed by atoms with Crippen LogP contribution in [0.4, 0.5) is 5.82 Å². The van der Waals surface area contributed by atoms with Crippen molar-refractivity contribution in [3.05, 3.63) is 76.8 Å². The number of benzene rings is 1. The number of thioether (sulfide) groups is 1. The van der Waals surface area contributed by atoms with Gasteiger partial charge in [-0.05, 0) is 36.1 Å². The van der Waals surface area contributed by atoms with Gasteiger partial charge in [-0.1, -0.05) is 59.8 Å². The Morgan fingerprint density at radius 2 is 2.00 bits per heavy atom. The van der Waals surface area contributed by atoms with Crippen molar-refractivity contribution in [3.8, 4) is 10.7 Å². The lowest BCUT2D eigenvalue weighted by Gasteiger charge is -2.13. The highest BCUT2D eigenvalue weighted by molar-refractivity contribution is 8.00. The first kappa shape index (κ1) is 20.6. The van der Waals surface area contributed by atoms with Crippen molar-refractivity contribution in [2.45, 2.75) is 23.9 Å². The summed E-state index contributed by atoms with van der Waals surface area (Å²) in [4.78, 5) is 17.8. The van der Waals surface area contributed by atoms with Gasteiger partial charge in [0.1, 0.15) is 5.82 Å². The summed E-state index contributed by atoms with van der Waals surface area (Å²) >= 11 is 8.83. The van der Waals surface area contributed by atoms with E-state index in [0.29, 0.717) is 22.5 Å². The zero-order chi connectivity index (χ0) is 20.9. The Hall–Kier alpha value is -2.68. The van der Waals surface area contributed by atoms with E-state index < -0.39 is 5.25 Å². The Balaban J connectivity index is 1.55. The number of carbonyl (C=O) groups excluding carboxylic acids is 1. The van der Waals surface area contributed by atoms with Crippen molar-refractivity contribution < 1.29 is 4.79 Å². The van der Waals surface area contributed by atoms with Gasteiger partial charge in [0.25, 0.3) is 0 Å². The number of thiophene rings is 1. The highest BCUT2D eigenvalue weighted by atomic mass is 35.5. The van der Waals surface area contributed by atoms with Crippen LogP contribution in [0.15, 0.2) is 71.3 Å². The van der Waals surface area contributed by atoms with Gasteiger partial charge < -0.3 is 5.32 Å². The molecule has 3 aromatic heterocycles. The number of hydrogen-bond acceptors (Lipinski definition) is 6. The highest BCUT2D eigenvalue weighted by Gasteiger charge is 2.21. The fourth-order valence-electron chi connectivity index (χ4n) is 2.76. The van der Waals surface area contributed by atoms with E-state index in [9.17, 15) is 4.79 Å². The van der Waals surface area contributed by atoms with Gasteiger partial charge in [0.15, 0.2) is 11.0 Å². The van der Waals surface area contributed by atoms with Gasteiger partial charge >= 0.3 is 0 Å². The number of amides is 1. The summed E-state index contributed by atoms with van der Waals surface area (Å²) in [7, 11) is 0. The molecule has 1 amide bonds. The van der Waals surface area contributed by atoms with E-state index in [-0.39, 0.29) is 5.91 Å². The van der Waals surface area contributed by atoms with Crippen LogP contribution in [0, 0.1) is 0 Å². The Bertz CT molecular complexity index is 1110. The summed E-state index contributed by atoms with van der Waals surface area (Å²) in [5.74, 6) is 1.09. The van der Waals surface area contributed by atoms with Gasteiger partial charge in [-0.15, -0.1) is 21.5 Å². The van der Waals surface area contributed by atoms with Crippen LogP contribution in [0.25, 0.3) is 10.7 Å². The van der Waals surface area contributed by atoms with Crippen LogP contribution in [0.2, 0.25) is 5.02 Å². The topological polar surface area (TPSA) is 72.7 Å². The molecule has 9 heteroatoms. The maximum Gasteiger partial charge on any atom is 0.238 e. The van der Waals surface area contributed by atoms with Crippen molar-refractivity contribution >= 4 is 46.4 Å². The molecule has 152 valence electrons. The Morgan fingerprint density at radius 3 is 2.70 bits per heavy atom. The third-order valence-corrected chi connectivity index (χ3v) is 6.44. The lowest BCUT2D eigenvalue weighted by atomic mass is 10.2. The number of hydrogen-bond donors (Lipinski definition) is 1. The van der Waals surface area contributed by atoms with Gasteiger partial charge in [-0.2, -0.15) is 0 Å². The van der Waals surface area contributed by atoms with Crippen LogP contribution in [0.3, 0.4) is 0 Å². The first-order valence-electron chi connectivity index (χ1n) is 9.20. The molecule has 4 rings (SSSR count). The number of rotatable bonds is 7. The third-order valence-electron chi connectivity index (χ3n) is 4.27. The summed E-state index contributed by atoms with van der Waals surface area (Å²) < 4.78 is 2.05. The minimum Gasteiger partial charge on any atom is -0.310 e. The van der Waals surface area contributed by atoms with Crippen LogP contribution >= 0.6 is 34.7 Å². The minimum absolute atomic E-state index is 0.165. The number of nitrogens with one attached hydrogen (secondary N) is 1. The molecule has 0 unspecified atom stereocenters. The van der Waals surface area contributed by atoms with Crippen molar-refractivity contribution in [2.75, 3.05) is 5.32 Å². The second kappa shape index (κ2) is 9.42. The van der Waals surface area contributed by atoms with Gasteiger partial charge in [-0.3, -0.25) is 9.36 Å². The Labute approximate surface area is 187 Å². The number of aromatic nitrogens is 4. The first-order valence-corrected chi connectivity index (χ1v) is 11.3. The molecule has 3 heterocycles. The molecule has 1 aromatic carbocycles. The molecule has 0 radical (unpaired) electrons. The monoisotopic (exact) mass is 455 g/mol. The van der Waals surface area contributed by atoms with Crippen molar-refractivity contribution in [1.29, 1.82) is 0 Å². The maximum absolute atomic E-state index is 12.6. The lowest BCUT2D eigenvalue weighted by Crippen LogP contribution is -2.23. The van der Waals surface area contributed by atoms with E-state index in [1.807, 2.05) is 42.6 Å². The predicted octanol–water partition coefficient (Wildman–Crippen LogP) is 5.22. The van der Waals surface area contributed by atoms with Gasteiger partial charge in [0.2, 0.25) is 5.91 Å². The zero-order valence-electron chi connectivity index (χ0n) is 16.0. The van der Waals surface area contributed by atoms with Crippen LogP contribution in [-0.2, 0) is 11.3 Å². The maximum atomic E-state index is 12.6. The van der Waals surface area contributed by atoms with Crippen LogP contribution in [-0.4, -0.2) is 30.9 Å². The van der Waals surface area contributed by atoms with E-state index in [1.54, 1.807) is 23.5 Å². The molecule has 1 N–H and O–H groups in total. The summed E-state index contributed by atoms with van der Waals surface area (Å²) in [6.45, 7) is 2.46. The van der Waals surface area contributed by atoms with E-state index in [1.165, 1.54) is 18.0 Å². The van der Waals surface area contributed by atoms with Gasteiger partial charge in [0.05, 0.1) is 21.7 Å². The zero-order valence-corrected chi connectivity index (χ0v) is 18.4. The quantitative estimate of drug-likeness (QED) is 0.386. The fraction of sp³-hybridized carbons (Fsp3) is 0.143. The van der Waals surface area contributed by atoms with E-state index in [4.69, 9.17) is 11.6 Å². The molecule has 0 aliphatic heterocycles. The van der Waals surface area contributed by atoms with Crippen LogP contribution in [0.5, 0.6) is 0 Å². The van der Waals surface area contributed by atoms with E-state index in [2.05, 4.69) is 37.2 Å². The van der Waals surface area contributed by atoms with Crippen molar-refractivity contribution in [2.24, 2.45) is 0 Å².